The van der Waals surface area contributed by atoms with E-state index >= 15 is 0 Å². The molecule has 0 saturated heterocycles. The highest BCUT2D eigenvalue weighted by Gasteiger charge is 2.29. The van der Waals surface area contributed by atoms with Crippen molar-refractivity contribution in [3.05, 3.63) is 0 Å². The molecule has 0 aliphatic rings. The first-order chi connectivity index (χ1) is 6.31. The summed E-state index contributed by atoms with van der Waals surface area (Å²) in [5.41, 5.74) is -0.285. The quantitative estimate of drug-likeness (QED) is 0.679. The summed E-state index contributed by atoms with van der Waals surface area (Å²) >= 11 is 0. The summed E-state index contributed by atoms with van der Waals surface area (Å²) < 4.78 is 0. The number of aliphatic hydroxyl groups is 2. The molecule has 86 valence electrons. The molecule has 0 rings (SSSR count). The monoisotopic (exact) mass is 203 g/mol. The Morgan fingerprint density at radius 1 is 1.07 bits per heavy atom. The molecule has 0 radical (unpaired) electrons. The number of likely N-dealkylation sites (N-methyl/N-ethyl adjacent to an activating group) is 1. The molecule has 0 heterocycles. The predicted octanol–water partition coefficient (Wildman–Crippen LogP) is 1.10. The Balaban J connectivity index is 4.36. The Bertz CT molecular complexity index is 165. The van der Waals surface area contributed by atoms with Crippen molar-refractivity contribution >= 4 is 0 Å². The molecule has 1 unspecified atom stereocenters. The third-order valence-corrected chi connectivity index (χ3v) is 3.27. The average molecular weight is 203 g/mol. The Hall–Kier alpha value is -0.120. The molecule has 0 aromatic carbocycles. The highest BCUT2D eigenvalue weighted by Crippen LogP contribution is 2.24. The minimum absolute atomic E-state index is 0.0683. The van der Waals surface area contributed by atoms with Crippen molar-refractivity contribution in [2.45, 2.75) is 39.7 Å². The van der Waals surface area contributed by atoms with E-state index in [0.717, 1.165) is 13.0 Å². The molecule has 0 spiro atoms. The topological polar surface area (TPSA) is 43.7 Å². The minimum atomic E-state index is -0.217. The summed E-state index contributed by atoms with van der Waals surface area (Å²) in [6, 6.07) is 0. The minimum Gasteiger partial charge on any atom is -0.396 e. The molecule has 0 bridgehead atoms. The zero-order valence-corrected chi connectivity index (χ0v) is 10.2. The fourth-order valence-electron chi connectivity index (χ4n) is 1.18. The molecule has 0 saturated carbocycles. The van der Waals surface area contributed by atoms with Crippen LogP contribution in [0.25, 0.3) is 0 Å². The van der Waals surface area contributed by atoms with E-state index in [9.17, 15) is 10.2 Å². The van der Waals surface area contributed by atoms with Crippen molar-refractivity contribution in [1.82, 2.24) is 4.90 Å². The van der Waals surface area contributed by atoms with Gasteiger partial charge in [0, 0.05) is 24.1 Å². The zero-order valence-electron chi connectivity index (χ0n) is 10.2. The average Bonchev–Trinajstić information content (AvgIpc) is 2.17. The molecule has 3 nitrogen and oxygen atoms in total. The van der Waals surface area contributed by atoms with Gasteiger partial charge >= 0.3 is 0 Å². The summed E-state index contributed by atoms with van der Waals surface area (Å²) in [4.78, 5) is 2.10. The second kappa shape index (κ2) is 5.10. The van der Waals surface area contributed by atoms with Crippen LogP contribution in [0, 0.1) is 5.41 Å². The maximum absolute atomic E-state index is 9.28. The smallest absolute Gasteiger partial charge is 0.0609 e. The highest BCUT2D eigenvalue weighted by atomic mass is 16.3. The van der Waals surface area contributed by atoms with Crippen LogP contribution < -0.4 is 0 Å². The van der Waals surface area contributed by atoms with Crippen molar-refractivity contribution < 1.29 is 10.2 Å². The van der Waals surface area contributed by atoms with Gasteiger partial charge in [0.15, 0.2) is 0 Å². The van der Waals surface area contributed by atoms with E-state index in [-0.39, 0.29) is 24.2 Å². The number of aliphatic hydroxyl groups excluding tert-OH is 2. The van der Waals surface area contributed by atoms with Crippen LogP contribution in [0.4, 0.5) is 0 Å². The molecule has 0 fully saturated rings. The van der Waals surface area contributed by atoms with Gasteiger partial charge in [0.2, 0.25) is 0 Å². The lowest BCUT2D eigenvalue weighted by Gasteiger charge is -2.40. The predicted molar refractivity (Wildman–Crippen MR) is 59.3 cm³/mol. The van der Waals surface area contributed by atoms with Gasteiger partial charge in [-0.15, -0.1) is 0 Å². The maximum Gasteiger partial charge on any atom is 0.0609 e. The summed E-state index contributed by atoms with van der Waals surface area (Å²) in [6.07, 6.45) is 0.940. The summed E-state index contributed by atoms with van der Waals surface area (Å²) in [5.74, 6) is 0. The summed E-state index contributed by atoms with van der Waals surface area (Å²) in [5, 5.41) is 18.5. The van der Waals surface area contributed by atoms with Crippen LogP contribution in [0.1, 0.15) is 34.1 Å². The van der Waals surface area contributed by atoms with Crippen molar-refractivity contribution in [3.63, 3.8) is 0 Å². The number of hydrogen-bond acceptors (Lipinski definition) is 3. The van der Waals surface area contributed by atoms with Gasteiger partial charge in [0.1, 0.15) is 0 Å². The maximum atomic E-state index is 9.28. The van der Waals surface area contributed by atoms with Crippen LogP contribution in [0.2, 0.25) is 0 Å². The fraction of sp³-hybridized carbons (Fsp3) is 1.00. The lowest BCUT2D eigenvalue weighted by atomic mass is 9.86. The summed E-state index contributed by atoms with van der Waals surface area (Å²) in [6.45, 7) is 9.27. The van der Waals surface area contributed by atoms with E-state index in [4.69, 9.17) is 0 Å². The lowest BCUT2D eigenvalue weighted by molar-refractivity contribution is 0.0221. The molecular formula is C11H25NO2. The largest absolute Gasteiger partial charge is 0.396 e. The molecule has 3 heteroatoms. The molecule has 0 aliphatic carbocycles. The molecule has 0 amide bonds. The standard InChI is InChI=1S/C11H25NO2/c1-6-11(4,9-14)7-12(5)10(2,3)8-13/h13-14H,6-9H2,1-5H3. The van der Waals surface area contributed by atoms with Crippen LogP contribution in [-0.4, -0.2) is 47.5 Å². The van der Waals surface area contributed by atoms with Crippen molar-refractivity contribution in [2.24, 2.45) is 5.41 Å². The Morgan fingerprint density at radius 3 is 1.86 bits per heavy atom. The van der Waals surface area contributed by atoms with Crippen LogP contribution in [0.5, 0.6) is 0 Å². The Kier molecular flexibility index (Phi) is 5.06. The van der Waals surface area contributed by atoms with Crippen LogP contribution in [-0.2, 0) is 0 Å². The SMILES string of the molecule is CCC(C)(CO)CN(C)C(C)(C)CO. The molecular weight excluding hydrogens is 178 g/mol. The van der Waals surface area contributed by atoms with Crippen LogP contribution >= 0.6 is 0 Å². The van der Waals surface area contributed by atoms with Gasteiger partial charge < -0.3 is 10.2 Å². The number of hydrogen-bond donors (Lipinski definition) is 2. The van der Waals surface area contributed by atoms with Gasteiger partial charge in [-0.1, -0.05) is 13.8 Å². The molecule has 0 aromatic heterocycles. The van der Waals surface area contributed by atoms with Gasteiger partial charge in [-0.2, -0.15) is 0 Å². The molecule has 0 aliphatic heterocycles. The van der Waals surface area contributed by atoms with E-state index in [1.54, 1.807) is 0 Å². The van der Waals surface area contributed by atoms with Crippen molar-refractivity contribution in [2.75, 3.05) is 26.8 Å². The highest BCUT2D eigenvalue weighted by molar-refractivity contribution is 4.84. The van der Waals surface area contributed by atoms with E-state index in [2.05, 4.69) is 18.7 Å². The van der Waals surface area contributed by atoms with Gasteiger partial charge in [-0.05, 0) is 27.3 Å². The van der Waals surface area contributed by atoms with E-state index in [1.165, 1.54) is 0 Å². The molecule has 14 heavy (non-hydrogen) atoms. The van der Waals surface area contributed by atoms with Crippen molar-refractivity contribution in [1.29, 1.82) is 0 Å². The molecule has 1 atom stereocenters. The Morgan fingerprint density at radius 2 is 1.57 bits per heavy atom. The third-order valence-electron chi connectivity index (χ3n) is 3.27. The first kappa shape index (κ1) is 13.9. The van der Waals surface area contributed by atoms with Crippen molar-refractivity contribution in [3.8, 4) is 0 Å². The molecule has 2 N–H and O–H groups in total. The van der Waals surface area contributed by atoms with Crippen LogP contribution in [0.3, 0.4) is 0 Å². The van der Waals surface area contributed by atoms with Crippen LogP contribution in [0.15, 0.2) is 0 Å². The number of rotatable bonds is 6. The van der Waals surface area contributed by atoms with Gasteiger partial charge in [0.25, 0.3) is 0 Å². The normalized spacial score (nSPS) is 17.1. The first-order valence-corrected chi connectivity index (χ1v) is 5.24. The second-order valence-corrected chi connectivity index (χ2v) is 5.15. The fourth-order valence-corrected chi connectivity index (χ4v) is 1.18. The Labute approximate surface area is 87.7 Å². The molecule has 0 aromatic rings. The number of nitrogens with zero attached hydrogens (tertiary/aromatic N) is 1. The van der Waals surface area contributed by atoms with Gasteiger partial charge in [-0.3, -0.25) is 4.90 Å². The summed E-state index contributed by atoms with van der Waals surface area (Å²) in [7, 11) is 1.99. The van der Waals surface area contributed by atoms with E-state index in [1.807, 2.05) is 20.9 Å². The van der Waals surface area contributed by atoms with E-state index < -0.39 is 0 Å². The first-order valence-electron chi connectivity index (χ1n) is 5.24. The lowest BCUT2D eigenvalue weighted by Crippen LogP contribution is -2.49. The zero-order chi connectivity index (χ0) is 11.4. The van der Waals surface area contributed by atoms with E-state index in [0.29, 0.717) is 0 Å². The van der Waals surface area contributed by atoms with Gasteiger partial charge in [-0.25, -0.2) is 0 Å². The van der Waals surface area contributed by atoms with Gasteiger partial charge in [0.05, 0.1) is 6.61 Å². The third kappa shape index (κ3) is 3.56. The second-order valence-electron chi connectivity index (χ2n) is 5.15.